The molecule has 0 bridgehead atoms. The SMILES string of the molecule is COc1ccccc1-c1csc2nc(NC(=O)c3cccnc3)nn12. The van der Waals surface area contributed by atoms with E-state index in [-0.39, 0.29) is 11.9 Å². The predicted octanol–water partition coefficient (Wildman–Crippen LogP) is 3.11. The fraction of sp³-hybridized carbons (Fsp3) is 0.0588. The molecule has 0 aliphatic rings. The Morgan fingerprint density at radius 1 is 1.24 bits per heavy atom. The molecule has 3 heterocycles. The molecule has 0 atom stereocenters. The van der Waals surface area contributed by atoms with Crippen molar-refractivity contribution >= 4 is 28.2 Å². The molecule has 0 radical (unpaired) electrons. The summed E-state index contributed by atoms with van der Waals surface area (Å²) in [6, 6.07) is 11.1. The summed E-state index contributed by atoms with van der Waals surface area (Å²) in [4.78, 5) is 21.2. The van der Waals surface area contributed by atoms with Crippen LogP contribution in [0.2, 0.25) is 0 Å². The van der Waals surface area contributed by atoms with Crippen molar-refractivity contribution in [1.29, 1.82) is 0 Å². The molecule has 7 nitrogen and oxygen atoms in total. The van der Waals surface area contributed by atoms with Crippen molar-refractivity contribution in [2.45, 2.75) is 0 Å². The number of nitrogens with one attached hydrogen (secondary N) is 1. The Morgan fingerprint density at radius 3 is 2.92 bits per heavy atom. The van der Waals surface area contributed by atoms with Gasteiger partial charge in [-0.2, -0.15) is 4.98 Å². The van der Waals surface area contributed by atoms with Crippen LogP contribution in [-0.2, 0) is 0 Å². The number of thiazole rings is 1. The normalized spacial score (nSPS) is 10.8. The monoisotopic (exact) mass is 351 g/mol. The van der Waals surface area contributed by atoms with Crippen LogP contribution in [-0.4, -0.2) is 32.6 Å². The van der Waals surface area contributed by atoms with E-state index >= 15 is 0 Å². The lowest BCUT2D eigenvalue weighted by molar-refractivity contribution is 0.102. The minimum absolute atomic E-state index is 0.247. The number of amides is 1. The molecule has 0 aliphatic carbocycles. The highest BCUT2D eigenvalue weighted by Crippen LogP contribution is 2.32. The number of rotatable bonds is 4. The van der Waals surface area contributed by atoms with Gasteiger partial charge in [-0.25, -0.2) is 4.52 Å². The number of benzene rings is 1. The summed E-state index contributed by atoms with van der Waals surface area (Å²) in [6.07, 6.45) is 3.11. The van der Waals surface area contributed by atoms with Crippen LogP contribution >= 0.6 is 11.3 Å². The molecule has 0 fully saturated rings. The van der Waals surface area contributed by atoms with Crippen molar-refractivity contribution in [2.24, 2.45) is 0 Å². The van der Waals surface area contributed by atoms with Crippen LogP contribution in [0.5, 0.6) is 5.75 Å². The third-order valence-corrected chi connectivity index (χ3v) is 4.43. The fourth-order valence-electron chi connectivity index (χ4n) is 2.45. The largest absolute Gasteiger partial charge is 0.496 e. The van der Waals surface area contributed by atoms with Gasteiger partial charge in [-0.05, 0) is 24.3 Å². The highest BCUT2D eigenvalue weighted by Gasteiger charge is 2.16. The number of anilines is 1. The first-order chi connectivity index (χ1) is 12.3. The lowest BCUT2D eigenvalue weighted by Crippen LogP contribution is -2.13. The predicted molar refractivity (Wildman–Crippen MR) is 95.0 cm³/mol. The summed E-state index contributed by atoms with van der Waals surface area (Å²) in [7, 11) is 1.63. The Balaban J connectivity index is 1.68. The number of carbonyl (C=O) groups excluding carboxylic acids is 1. The van der Waals surface area contributed by atoms with E-state index in [1.54, 1.807) is 30.0 Å². The lowest BCUT2D eigenvalue weighted by Gasteiger charge is -2.06. The highest BCUT2D eigenvalue weighted by molar-refractivity contribution is 7.15. The van der Waals surface area contributed by atoms with Gasteiger partial charge in [-0.15, -0.1) is 16.4 Å². The molecule has 1 N–H and O–H groups in total. The fourth-order valence-corrected chi connectivity index (χ4v) is 3.27. The zero-order chi connectivity index (χ0) is 17.2. The molecule has 0 spiro atoms. The van der Waals surface area contributed by atoms with Gasteiger partial charge in [-0.1, -0.05) is 12.1 Å². The maximum Gasteiger partial charge on any atom is 0.259 e. The average Bonchev–Trinajstić information content (AvgIpc) is 3.22. The van der Waals surface area contributed by atoms with Crippen molar-refractivity contribution in [3.05, 3.63) is 59.7 Å². The molecular weight excluding hydrogens is 338 g/mol. The van der Waals surface area contributed by atoms with E-state index < -0.39 is 0 Å². The van der Waals surface area contributed by atoms with Crippen molar-refractivity contribution in [2.75, 3.05) is 12.4 Å². The van der Waals surface area contributed by atoms with Crippen molar-refractivity contribution in [3.63, 3.8) is 0 Å². The molecule has 1 amide bonds. The Hall–Kier alpha value is -3.26. The Labute approximate surface area is 146 Å². The minimum atomic E-state index is -0.301. The van der Waals surface area contributed by atoms with E-state index in [9.17, 15) is 4.79 Å². The maximum atomic E-state index is 12.2. The molecule has 3 aromatic heterocycles. The van der Waals surface area contributed by atoms with Crippen LogP contribution in [0.3, 0.4) is 0 Å². The first kappa shape index (κ1) is 15.3. The van der Waals surface area contributed by atoms with E-state index in [0.717, 1.165) is 17.0 Å². The van der Waals surface area contributed by atoms with Crippen molar-refractivity contribution < 1.29 is 9.53 Å². The third kappa shape index (κ3) is 2.83. The van der Waals surface area contributed by atoms with Gasteiger partial charge in [0.25, 0.3) is 11.9 Å². The molecule has 25 heavy (non-hydrogen) atoms. The highest BCUT2D eigenvalue weighted by atomic mass is 32.1. The first-order valence-corrected chi connectivity index (χ1v) is 8.33. The summed E-state index contributed by atoms with van der Waals surface area (Å²) in [5.41, 5.74) is 2.21. The van der Waals surface area contributed by atoms with E-state index in [4.69, 9.17) is 4.74 Å². The zero-order valence-electron chi connectivity index (χ0n) is 13.2. The molecular formula is C17H13N5O2S. The molecule has 124 valence electrons. The Morgan fingerprint density at radius 2 is 2.12 bits per heavy atom. The Bertz CT molecular complexity index is 1040. The second kappa shape index (κ2) is 6.33. The van der Waals surface area contributed by atoms with Gasteiger partial charge in [0.05, 0.1) is 18.4 Å². The van der Waals surface area contributed by atoms with Crippen molar-refractivity contribution in [1.82, 2.24) is 19.6 Å². The number of fused-ring (bicyclic) bond motifs is 1. The lowest BCUT2D eigenvalue weighted by atomic mass is 10.1. The van der Waals surface area contributed by atoms with E-state index in [1.165, 1.54) is 17.5 Å². The number of ether oxygens (including phenoxy) is 1. The van der Waals surface area contributed by atoms with E-state index in [0.29, 0.717) is 10.5 Å². The average molecular weight is 351 g/mol. The molecule has 0 unspecified atom stereocenters. The van der Waals surface area contributed by atoms with Crippen LogP contribution in [0.4, 0.5) is 5.95 Å². The summed E-state index contributed by atoms with van der Waals surface area (Å²) in [5.74, 6) is 0.695. The maximum absolute atomic E-state index is 12.2. The molecule has 0 saturated heterocycles. The second-order valence-corrected chi connectivity index (χ2v) is 5.98. The van der Waals surface area contributed by atoms with Crippen LogP contribution in [0.15, 0.2) is 54.2 Å². The van der Waals surface area contributed by atoms with Crippen LogP contribution in [0.1, 0.15) is 10.4 Å². The molecule has 8 heteroatoms. The number of methoxy groups -OCH3 is 1. The number of nitrogens with zero attached hydrogens (tertiary/aromatic N) is 4. The summed E-state index contributed by atoms with van der Waals surface area (Å²) >= 11 is 1.44. The standard InChI is InChI=1S/C17H13N5O2S/c1-24-14-7-3-2-6-12(14)13-10-25-17-20-16(21-22(13)17)19-15(23)11-5-4-8-18-9-11/h2-10H,1H3,(H,19,21,23). The molecule has 1 aromatic carbocycles. The number of para-hydroxylation sites is 1. The van der Waals surface area contributed by atoms with Gasteiger partial charge in [-0.3, -0.25) is 15.1 Å². The van der Waals surface area contributed by atoms with Gasteiger partial charge < -0.3 is 4.74 Å². The van der Waals surface area contributed by atoms with Crippen molar-refractivity contribution in [3.8, 4) is 17.0 Å². The van der Waals surface area contributed by atoms with Gasteiger partial charge >= 0.3 is 0 Å². The molecule has 0 saturated carbocycles. The van der Waals surface area contributed by atoms with E-state index in [1.807, 2.05) is 29.6 Å². The van der Waals surface area contributed by atoms with Crippen LogP contribution in [0, 0.1) is 0 Å². The summed E-state index contributed by atoms with van der Waals surface area (Å²) in [5, 5.41) is 9.05. The summed E-state index contributed by atoms with van der Waals surface area (Å²) in [6.45, 7) is 0. The number of hydrogen-bond acceptors (Lipinski definition) is 6. The van der Waals surface area contributed by atoms with Gasteiger partial charge in [0.2, 0.25) is 4.96 Å². The number of hydrogen-bond donors (Lipinski definition) is 1. The smallest absolute Gasteiger partial charge is 0.259 e. The second-order valence-electron chi connectivity index (χ2n) is 5.15. The topological polar surface area (TPSA) is 81.4 Å². The van der Waals surface area contributed by atoms with Gasteiger partial charge in [0, 0.05) is 23.3 Å². The minimum Gasteiger partial charge on any atom is -0.496 e. The number of aromatic nitrogens is 4. The summed E-state index contributed by atoms with van der Waals surface area (Å²) < 4.78 is 7.11. The molecule has 4 rings (SSSR count). The first-order valence-electron chi connectivity index (χ1n) is 7.45. The van der Waals surface area contributed by atoms with E-state index in [2.05, 4.69) is 20.4 Å². The Kier molecular flexibility index (Phi) is 3.87. The zero-order valence-corrected chi connectivity index (χ0v) is 14.0. The third-order valence-electron chi connectivity index (χ3n) is 3.61. The van der Waals surface area contributed by atoms with Crippen LogP contribution < -0.4 is 10.1 Å². The number of pyridine rings is 1. The molecule has 0 aliphatic heterocycles. The van der Waals surface area contributed by atoms with Gasteiger partial charge in [0.15, 0.2) is 0 Å². The van der Waals surface area contributed by atoms with Gasteiger partial charge in [0.1, 0.15) is 5.75 Å². The number of carbonyl (C=O) groups is 1. The molecule has 4 aromatic rings. The van der Waals surface area contributed by atoms with Crippen LogP contribution in [0.25, 0.3) is 16.2 Å². The quantitative estimate of drug-likeness (QED) is 0.611.